The SMILES string of the molecule is CNC1CCN(Cc2nc(C)cc(N=C3CCN(c4ccc(Cl)c(Cl)c4)N3)n2)C1. The maximum Gasteiger partial charge on any atom is 0.157 e. The smallest absolute Gasteiger partial charge is 0.157 e. The molecule has 4 rings (SSSR count). The third-order valence-corrected chi connectivity index (χ3v) is 5.97. The van der Waals surface area contributed by atoms with Crippen LogP contribution in [-0.4, -0.2) is 53.4 Å². The number of anilines is 1. The van der Waals surface area contributed by atoms with Crippen LogP contribution in [0, 0.1) is 6.92 Å². The fourth-order valence-electron chi connectivity index (χ4n) is 3.70. The molecule has 154 valence electrons. The summed E-state index contributed by atoms with van der Waals surface area (Å²) >= 11 is 12.2. The highest BCUT2D eigenvalue weighted by Gasteiger charge is 2.22. The van der Waals surface area contributed by atoms with E-state index in [0.29, 0.717) is 21.9 Å². The summed E-state index contributed by atoms with van der Waals surface area (Å²) in [5.74, 6) is 2.38. The Morgan fingerprint density at radius 3 is 2.83 bits per heavy atom. The summed E-state index contributed by atoms with van der Waals surface area (Å²) in [5.41, 5.74) is 5.21. The minimum absolute atomic E-state index is 0.537. The van der Waals surface area contributed by atoms with Crippen LogP contribution in [0.1, 0.15) is 24.4 Å². The van der Waals surface area contributed by atoms with Gasteiger partial charge in [0.15, 0.2) is 5.82 Å². The van der Waals surface area contributed by atoms with E-state index in [1.165, 1.54) is 0 Å². The number of likely N-dealkylation sites (N-methyl/N-ethyl adjacent to an activating group) is 1. The third kappa shape index (κ3) is 4.98. The number of amidine groups is 1. The molecular formula is C20H25Cl2N7. The van der Waals surface area contributed by atoms with Crippen LogP contribution >= 0.6 is 23.2 Å². The molecule has 2 aliphatic heterocycles. The predicted octanol–water partition coefficient (Wildman–Crippen LogP) is 3.33. The summed E-state index contributed by atoms with van der Waals surface area (Å²) < 4.78 is 0. The van der Waals surface area contributed by atoms with Crippen molar-refractivity contribution in [3.05, 3.63) is 45.8 Å². The lowest BCUT2D eigenvalue weighted by atomic mass is 10.3. The molecule has 2 aromatic rings. The number of hydrogen-bond acceptors (Lipinski definition) is 6. The molecule has 1 atom stereocenters. The number of benzene rings is 1. The number of rotatable bonds is 5. The highest BCUT2D eigenvalue weighted by atomic mass is 35.5. The second-order valence-electron chi connectivity index (χ2n) is 7.46. The zero-order valence-corrected chi connectivity index (χ0v) is 18.1. The molecule has 0 amide bonds. The number of aryl methyl sites for hydroxylation is 1. The second-order valence-corrected chi connectivity index (χ2v) is 8.28. The Morgan fingerprint density at radius 2 is 2.07 bits per heavy atom. The average Bonchev–Trinajstić information content (AvgIpc) is 3.33. The molecule has 9 heteroatoms. The average molecular weight is 434 g/mol. The van der Waals surface area contributed by atoms with Crippen molar-refractivity contribution in [2.24, 2.45) is 4.99 Å². The lowest BCUT2D eigenvalue weighted by Gasteiger charge is -2.18. The summed E-state index contributed by atoms with van der Waals surface area (Å²) in [6.07, 6.45) is 1.96. The van der Waals surface area contributed by atoms with E-state index in [1.807, 2.05) is 37.2 Å². The third-order valence-electron chi connectivity index (χ3n) is 5.23. The maximum atomic E-state index is 6.14. The van der Waals surface area contributed by atoms with Crippen molar-refractivity contribution in [3.63, 3.8) is 0 Å². The molecule has 3 heterocycles. The molecule has 0 spiro atoms. The second kappa shape index (κ2) is 8.83. The van der Waals surface area contributed by atoms with Crippen LogP contribution in [-0.2, 0) is 6.54 Å². The first-order valence-corrected chi connectivity index (χ1v) is 10.6. The Hall–Kier alpha value is -1.93. The summed E-state index contributed by atoms with van der Waals surface area (Å²) in [5, 5.41) is 6.44. The van der Waals surface area contributed by atoms with Crippen molar-refractivity contribution in [1.29, 1.82) is 0 Å². The monoisotopic (exact) mass is 433 g/mol. The molecule has 1 aromatic carbocycles. The van der Waals surface area contributed by atoms with Gasteiger partial charge >= 0.3 is 0 Å². The van der Waals surface area contributed by atoms with Crippen molar-refractivity contribution in [3.8, 4) is 0 Å². The Kier molecular flexibility index (Phi) is 6.20. The Labute approximate surface area is 181 Å². The molecule has 29 heavy (non-hydrogen) atoms. The molecule has 0 aliphatic carbocycles. The van der Waals surface area contributed by atoms with Crippen molar-refractivity contribution >= 4 is 40.5 Å². The zero-order valence-electron chi connectivity index (χ0n) is 16.6. The van der Waals surface area contributed by atoms with E-state index < -0.39 is 0 Å². The minimum Gasteiger partial charge on any atom is -0.316 e. The van der Waals surface area contributed by atoms with Gasteiger partial charge in [-0.15, -0.1) is 0 Å². The van der Waals surface area contributed by atoms with Crippen LogP contribution in [0.5, 0.6) is 0 Å². The summed E-state index contributed by atoms with van der Waals surface area (Å²) in [7, 11) is 2.02. The molecule has 2 fully saturated rings. The Morgan fingerprint density at radius 1 is 1.21 bits per heavy atom. The van der Waals surface area contributed by atoms with Crippen molar-refractivity contribution in [2.75, 3.05) is 31.7 Å². The van der Waals surface area contributed by atoms with Crippen molar-refractivity contribution < 1.29 is 0 Å². The number of halogens is 2. The van der Waals surface area contributed by atoms with Crippen molar-refractivity contribution in [2.45, 2.75) is 32.4 Å². The first-order chi connectivity index (χ1) is 14.0. The number of nitrogens with one attached hydrogen (secondary N) is 2. The van der Waals surface area contributed by atoms with Gasteiger partial charge in [-0.3, -0.25) is 15.3 Å². The molecule has 0 radical (unpaired) electrons. The number of aliphatic imine (C=N–C) groups is 1. The van der Waals surface area contributed by atoms with Gasteiger partial charge in [-0.1, -0.05) is 23.2 Å². The first-order valence-electron chi connectivity index (χ1n) is 9.81. The van der Waals surface area contributed by atoms with Gasteiger partial charge in [-0.05, 0) is 38.6 Å². The van der Waals surface area contributed by atoms with Gasteiger partial charge in [0.1, 0.15) is 11.7 Å². The number of hydrogen-bond donors (Lipinski definition) is 2. The van der Waals surface area contributed by atoms with Crippen LogP contribution < -0.4 is 15.8 Å². The van der Waals surface area contributed by atoms with Crippen LogP contribution in [0.25, 0.3) is 0 Å². The fraction of sp³-hybridized carbons (Fsp3) is 0.450. The summed E-state index contributed by atoms with van der Waals surface area (Å²) in [6, 6.07) is 8.05. The van der Waals surface area contributed by atoms with Crippen LogP contribution in [0.4, 0.5) is 11.5 Å². The van der Waals surface area contributed by atoms with E-state index in [9.17, 15) is 0 Å². The van der Waals surface area contributed by atoms with Gasteiger partial charge < -0.3 is 5.32 Å². The Balaban J connectivity index is 1.45. The number of nitrogens with zero attached hydrogens (tertiary/aromatic N) is 5. The van der Waals surface area contributed by atoms with Crippen LogP contribution in [0.2, 0.25) is 10.0 Å². The molecule has 0 bridgehead atoms. The van der Waals surface area contributed by atoms with Crippen molar-refractivity contribution in [1.82, 2.24) is 25.6 Å². The van der Waals surface area contributed by atoms with Crippen LogP contribution in [0.3, 0.4) is 0 Å². The van der Waals surface area contributed by atoms with E-state index in [1.54, 1.807) is 6.07 Å². The molecule has 7 nitrogen and oxygen atoms in total. The van der Waals surface area contributed by atoms with Gasteiger partial charge in [0.2, 0.25) is 0 Å². The highest BCUT2D eigenvalue weighted by Crippen LogP contribution is 2.28. The van der Waals surface area contributed by atoms with E-state index >= 15 is 0 Å². The maximum absolute atomic E-state index is 6.14. The van der Waals surface area contributed by atoms with E-state index in [4.69, 9.17) is 28.2 Å². The first kappa shape index (κ1) is 20.3. The molecule has 2 N–H and O–H groups in total. The summed E-state index contributed by atoms with van der Waals surface area (Å²) in [6.45, 7) is 5.62. The molecular weight excluding hydrogens is 409 g/mol. The van der Waals surface area contributed by atoms with Gasteiger partial charge in [0.25, 0.3) is 0 Å². The molecule has 0 saturated carbocycles. The van der Waals surface area contributed by atoms with Gasteiger partial charge in [0.05, 0.1) is 22.3 Å². The molecule has 1 unspecified atom stereocenters. The molecule has 2 aliphatic rings. The van der Waals surface area contributed by atoms with E-state index in [2.05, 4.69) is 25.6 Å². The normalized spacial score (nSPS) is 21.2. The quantitative estimate of drug-likeness (QED) is 0.753. The highest BCUT2D eigenvalue weighted by molar-refractivity contribution is 6.42. The van der Waals surface area contributed by atoms with Crippen LogP contribution in [0.15, 0.2) is 29.3 Å². The standard InChI is InChI=1S/C20H25Cl2N7/c1-13-9-19(26-20(24-13)12-28-7-5-14(11-28)23-2)25-18-6-8-29(27-18)15-3-4-16(21)17(22)10-15/h3-4,9-10,14,23H,5-8,11-12H2,1-2H3,(H,24,25,26,27). The number of hydrazine groups is 1. The zero-order chi connectivity index (χ0) is 20.4. The number of aromatic nitrogens is 2. The lowest BCUT2D eigenvalue weighted by Crippen LogP contribution is -2.33. The summed E-state index contributed by atoms with van der Waals surface area (Å²) in [4.78, 5) is 16.4. The fourth-order valence-corrected chi connectivity index (χ4v) is 4.00. The van der Waals surface area contributed by atoms with Gasteiger partial charge in [-0.2, -0.15) is 0 Å². The predicted molar refractivity (Wildman–Crippen MR) is 118 cm³/mol. The largest absolute Gasteiger partial charge is 0.316 e. The van der Waals surface area contributed by atoms with Gasteiger partial charge in [-0.25, -0.2) is 15.0 Å². The van der Waals surface area contributed by atoms with E-state index in [-0.39, 0.29) is 0 Å². The van der Waals surface area contributed by atoms with E-state index in [0.717, 1.165) is 62.1 Å². The topological polar surface area (TPSA) is 68.7 Å². The molecule has 1 aromatic heterocycles. The minimum atomic E-state index is 0.537. The van der Waals surface area contributed by atoms with Gasteiger partial charge in [0, 0.05) is 43.9 Å². The lowest BCUT2D eigenvalue weighted by molar-refractivity contribution is 0.314. The Bertz CT molecular complexity index is 918. The number of likely N-dealkylation sites (tertiary alicyclic amines) is 1. The molecule has 2 saturated heterocycles.